The van der Waals surface area contributed by atoms with Crippen LogP contribution in [-0.4, -0.2) is 42.2 Å². The molecule has 0 bridgehead atoms. The lowest BCUT2D eigenvalue weighted by Gasteiger charge is -2.17. The number of nitrogens with one attached hydrogen (secondary N) is 1. The SMILES string of the molecule is CC(O)CCN(C)CCC(=O)Nc1ccc(N)cc1Cl. The lowest BCUT2D eigenvalue weighted by molar-refractivity contribution is -0.116. The maximum absolute atomic E-state index is 11.8. The molecule has 4 N–H and O–H groups in total. The Balaban J connectivity index is 2.36. The molecule has 0 spiro atoms. The van der Waals surface area contributed by atoms with Crippen molar-refractivity contribution in [2.75, 3.05) is 31.2 Å². The third-order valence-electron chi connectivity index (χ3n) is 2.92. The quantitative estimate of drug-likeness (QED) is 0.673. The molecule has 0 heterocycles. The fourth-order valence-electron chi connectivity index (χ4n) is 1.66. The molecule has 1 aromatic rings. The highest BCUT2D eigenvalue weighted by molar-refractivity contribution is 6.34. The van der Waals surface area contributed by atoms with Crippen LogP contribution in [0.1, 0.15) is 19.8 Å². The predicted molar refractivity (Wildman–Crippen MR) is 82.9 cm³/mol. The second-order valence-corrected chi connectivity index (χ2v) is 5.39. The van der Waals surface area contributed by atoms with Gasteiger partial charge in [-0.3, -0.25) is 4.79 Å². The average molecular weight is 300 g/mol. The summed E-state index contributed by atoms with van der Waals surface area (Å²) >= 11 is 5.99. The van der Waals surface area contributed by atoms with Gasteiger partial charge in [-0.25, -0.2) is 0 Å². The second-order valence-electron chi connectivity index (χ2n) is 4.98. The van der Waals surface area contributed by atoms with E-state index in [4.69, 9.17) is 17.3 Å². The molecule has 0 radical (unpaired) electrons. The molecular formula is C14H22ClN3O2. The normalized spacial score (nSPS) is 12.4. The van der Waals surface area contributed by atoms with Crippen molar-refractivity contribution in [3.63, 3.8) is 0 Å². The van der Waals surface area contributed by atoms with Crippen molar-refractivity contribution >= 4 is 28.9 Å². The van der Waals surface area contributed by atoms with Crippen LogP contribution in [0.25, 0.3) is 0 Å². The lowest BCUT2D eigenvalue weighted by atomic mass is 10.2. The number of benzene rings is 1. The summed E-state index contributed by atoms with van der Waals surface area (Å²) in [5.74, 6) is -0.0967. The van der Waals surface area contributed by atoms with Gasteiger partial charge in [0.05, 0.1) is 16.8 Å². The van der Waals surface area contributed by atoms with Gasteiger partial charge < -0.3 is 21.1 Å². The molecule has 1 atom stereocenters. The summed E-state index contributed by atoms with van der Waals surface area (Å²) in [4.78, 5) is 13.8. The largest absolute Gasteiger partial charge is 0.399 e. The molecule has 0 aliphatic heterocycles. The molecule has 20 heavy (non-hydrogen) atoms. The number of carbonyl (C=O) groups is 1. The van der Waals surface area contributed by atoms with Crippen molar-refractivity contribution in [3.05, 3.63) is 23.2 Å². The van der Waals surface area contributed by atoms with Gasteiger partial charge in [-0.2, -0.15) is 0 Å². The number of halogens is 1. The van der Waals surface area contributed by atoms with Gasteiger partial charge in [0.1, 0.15) is 0 Å². The first-order valence-electron chi connectivity index (χ1n) is 6.60. The van der Waals surface area contributed by atoms with E-state index in [0.717, 1.165) is 6.54 Å². The Bertz CT molecular complexity index is 452. The van der Waals surface area contributed by atoms with Crippen LogP contribution in [-0.2, 0) is 4.79 Å². The predicted octanol–water partition coefficient (Wildman–Crippen LogP) is 1.95. The molecule has 0 aliphatic carbocycles. The Kier molecular flexibility index (Phi) is 6.78. The Hall–Kier alpha value is -1.30. The minimum absolute atomic E-state index is 0.0967. The second kappa shape index (κ2) is 8.09. The summed E-state index contributed by atoms with van der Waals surface area (Å²) in [6.07, 6.45) is 0.749. The summed E-state index contributed by atoms with van der Waals surface area (Å²) < 4.78 is 0. The number of aliphatic hydroxyl groups excluding tert-OH is 1. The van der Waals surface area contributed by atoms with Gasteiger partial charge in [0.25, 0.3) is 0 Å². The topological polar surface area (TPSA) is 78.6 Å². The number of aliphatic hydroxyl groups is 1. The molecule has 1 amide bonds. The highest BCUT2D eigenvalue weighted by Gasteiger charge is 2.08. The number of amides is 1. The van der Waals surface area contributed by atoms with E-state index >= 15 is 0 Å². The van der Waals surface area contributed by atoms with Crippen molar-refractivity contribution in [3.8, 4) is 0 Å². The van der Waals surface area contributed by atoms with Crippen molar-refractivity contribution in [1.82, 2.24) is 4.90 Å². The van der Waals surface area contributed by atoms with E-state index in [-0.39, 0.29) is 12.0 Å². The van der Waals surface area contributed by atoms with E-state index in [1.807, 2.05) is 11.9 Å². The fourth-order valence-corrected chi connectivity index (χ4v) is 1.89. The van der Waals surface area contributed by atoms with E-state index < -0.39 is 0 Å². The first-order chi connectivity index (χ1) is 9.38. The Labute approximate surface area is 124 Å². The number of nitrogens with zero attached hydrogens (tertiary/aromatic N) is 1. The number of rotatable bonds is 7. The van der Waals surface area contributed by atoms with Crippen LogP contribution < -0.4 is 11.1 Å². The molecule has 112 valence electrons. The van der Waals surface area contributed by atoms with Gasteiger partial charge >= 0.3 is 0 Å². The molecule has 5 nitrogen and oxygen atoms in total. The molecule has 1 unspecified atom stereocenters. The van der Waals surface area contributed by atoms with Crippen LogP contribution in [0.3, 0.4) is 0 Å². The third-order valence-corrected chi connectivity index (χ3v) is 3.23. The first kappa shape index (κ1) is 16.8. The number of hydrogen-bond acceptors (Lipinski definition) is 4. The monoisotopic (exact) mass is 299 g/mol. The summed E-state index contributed by atoms with van der Waals surface area (Å²) in [5, 5.41) is 12.4. The lowest BCUT2D eigenvalue weighted by Crippen LogP contribution is -2.26. The Morgan fingerprint density at radius 1 is 1.50 bits per heavy atom. The van der Waals surface area contributed by atoms with Gasteiger partial charge in [0.2, 0.25) is 5.91 Å². The van der Waals surface area contributed by atoms with Crippen molar-refractivity contribution in [1.29, 1.82) is 0 Å². The number of hydrogen-bond donors (Lipinski definition) is 3. The van der Waals surface area contributed by atoms with Gasteiger partial charge in [-0.15, -0.1) is 0 Å². The minimum Gasteiger partial charge on any atom is -0.399 e. The summed E-state index contributed by atoms with van der Waals surface area (Å²) in [5.41, 5.74) is 6.72. The van der Waals surface area contributed by atoms with E-state index in [1.54, 1.807) is 25.1 Å². The van der Waals surface area contributed by atoms with E-state index in [0.29, 0.717) is 35.8 Å². The van der Waals surface area contributed by atoms with Crippen LogP contribution in [0.2, 0.25) is 5.02 Å². The van der Waals surface area contributed by atoms with Crippen molar-refractivity contribution in [2.45, 2.75) is 25.9 Å². The van der Waals surface area contributed by atoms with E-state index in [9.17, 15) is 9.90 Å². The van der Waals surface area contributed by atoms with Crippen LogP contribution >= 0.6 is 11.6 Å². The third kappa shape index (κ3) is 6.23. The van der Waals surface area contributed by atoms with Gasteiger partial charge in [0, 0.05) is 25.2 Å². The zero-order valence-electron chi connectivity index (χ0n) is 11.9. The summed E-state index contributed by atoms with van der Waals surface area (Å²) in [6.45, 7) is 3.14. The smallest absolute Gasteiger partial charge is 0.225 e. The maximum atomic E-state index is 11.8. The van der Waals surface area contributed by atoms with Crippen molar-refractivity contribution in [2.24, 2.45) is 0 Å². The molecule has 0 saturated heterocycles. The maximum Gasteiger partial charge on any atom is 0.225 e. The van der Waals surface area contributed by atoms with Gasteiger partial charge in [0.15, 0.2) is 0 Å². The number of nitrogen functional groups attached to an aromatic ring is 1. The number of anilines is 2. The Morgan fingerprint density at radius 3 is 2.80 bits per heavy atom. The standard InChI is InChI=1S/C14H22ClN3O2/c1-10(19)5-7-18(2)8-6-14(20)17-13-4-3-11(16)9-12(13)15/h3-4,9-10,19H,5-8,16H2,1-2H3,(H,17,20). The average Bonchev–Trinajstić information content (AvgIpc) is 2.37. The van der Waals surface area contributed by atoms with E-state index in [1.165, 1.54) is 0 Å². The minimum atomic E-state index is -0.320. The van der Waals surface area contributed by atoms with Gasteiger partial charge in [-0.1, -0.05) is 11.6 Å². The zero-order valence-corrected chi connectivity index (χ0v) is 12.7. The first-order valence-corrected chi connectivity index (χ1v) is 6.97. The Morgan fingerprint density at radius 2 is 2.20 bits per heavy atom. The molecule has 1 aromatic carbocycles. The van der Waals surface area contributed by atoms with Gasteiger partial charge in [-0.05, 0) is 38.6 Å². The summed E-state index contributed by atoms with van der Waals surface area (Å²) in [6, 6.07) is 4.98. The van der Waals surface area contributed by atoms with Crippen LogP contribution in [0, 0.1) is 0 Å². The number of nitrogens with two attached hydrogens (primary N) is 1. The van der Waals surface area contributed by atoms with Crippen molar-refractivity contribution < 1.29 is 9.90 Å². The number of carbonyl (C=O) groups excluding carboxylic acids is 1. The highest BCUT2D eigenvalue weighted by Crippen LogP contribution is 2.24. The van der Waals surface area contributed by atoms with Crippen LogP contribution in [0.15, 0.2) is 18.2 Å². The highest BCUT2D eigenvalue weighted by atomic mass is 35.5. The molecule has 6 heteroatoms. The van der Waals surface area contributed by atoms with Crippen LogP contribution in [0.4, 0.5) is 11.4 Å². The molecule has 1 rings (SSSR count). The van der Waals surface area contributed by atoms with Crippen LogP contribution in [0.5, 0.6) is 0 Å². The molecule has 0 aliphatic rings. The molecule has 0 saturated carbocycles. The summed E-state index contributed by atoms with van der Waals surface area (Å²) in [7, 11) is 1.92. The van der Waals surface area contributed by atoms with E-state index in [2.05, 4.69) is 5.32 Å². The molecular weight excluding hydrogens is 278 g/mol. The molecule has 0 fully saturated rings. The molecule has 0 aromatic heterocycles. The fraction of sp³-hybridized carbons (Fsp3) is 0.500. The zero-order chi connectivity index (χ0) is 15.1.